The van der Waals surface area contributed by atoms with Crippen molar-refractivity contribution in [1.29, 1.82) is 10.5 Å². The first-order valence-electron chi connectivity index (χ1n) is 5.50. The maximum atomic E-state index is 10.9. The fourth-order valence-electron chi connectivity index (χ4n) is 1.53. The summed E-state index contributed by atoms with van der Waals surface area (Å²) in [6.45, 7) is 7.00. The van der Waals surface area contributed by atoms with Gasteiger partial charge in [-0.25, -0.2) is 15.9 Å². The normalized spacial score (nSPS) is 13.0. The molecule has 0 aliphatic carbocycles. The van der Waals surface area contributed by atoms with Crippen molar-refractivity contribution in [2.24, 2.45) is 16.0 Å². The molecule has 1 heterocycles. The number of nitrogens with one attached hydrogen (secondary N) is 1. The molecule has 0 unspecified atom stereocenters. The van der Waals surface area contributed by atoms with Crippen molar-refractivity contribution in [3.05, 3.63) is 35.4 Å². The molecule has 0 radical (unpaired) electrons. The summed E-state index contributed by atoms with van der Waals surface area (Å²) in [6, 6.07) is 7.69. The van der Waals surface area contributed by atoms with E-state index in [0.717, 1.165) is 16.8 Å². The Hall–Kier alpha value is -3.19. The van der Waals surface area contributed by atoms with Crippen molar-refractivity contribution in [2.45, 2.75) is 12.8 Å². The van der Waals surface area contributed by atoms with Gasteiger partial charge in [-0.05, 0) is 11.1 Å². The molecule has 0 atom stereocenters. The van der Waals surface area contributed by atoms with Crippen LogP contribution in [0.4, 0.5) is 0 Å². The van der Waals surface area contributed by atoms with Crippen molar-refractivity contribution in [1.82, 2.24) is 5.43 Å². The zero-order valence-corrected chi connectivity index (χ0v) is 10.7. The van der Waals surface area contributed by atoms with Crippen LogP contribution in [0.25, 0.3) is 0 Å². The lowest BCUT2D eigenvalue weighted by Crippen LogP contribution is -2.25. The average Bonchev–Trinajstić information content (AvgIpc) is 2.53. The lowest BCUT2D eigenvalue weighted by Gasteiger charge is -2.11. The topological polar surface area (TPSA) is 127 Å². The fraction of sp³-hybridized carbons (Fsp3) is 0.154. The van der Waals surface area contributed by atoms with Crippen molar-refractivity contribution in [2.75, 3.05) is 0 Å². The van der Waals surface area contributed by atoms with Gasteiger partial charge in [0.25, 0.3) is 0 Å². The summed E-state index contributed by atoms with van der Waals surface area (Å²) in [5, 5.41) is 20.5. The second-order valence-electron chi connectivity index (χ2n) is 3.49. The van der Waals surface area contributed by atoms with Crippen LogP contribution >= 0.6 is 0 Å². The number of amides is 1. The van der Waals surface area contributed by atoms with Gasteiger partial charge in [-0.15, -0.1) is 0 Å². The molecule has 1 aliphatic heterocycles. The largest absolute Gasteiger partial charge is 0.323 e. The number of nitriles is 2. The molecule has 1 aliphatic rings. The Morgan fingerprint density at radius 2 is 1.80 bits per heavy atom. The van der Waals surface area contributed by atoms with Crippen LogP contribution in [0, 0.1) is 23.7 Å². The molecule has 0 fully saturated rings. The molecule has 3 N–H and O–H groups in total. The molecule has 7 heteroatoms. The average molecular weight is 270 g/mol. The van der Waals surface area contributed by atoms with Crippen LogP contribution in [0.15, 0.2) is 34.5 Å². The molecule has 1 amide bonds. The summed E-state index contributed by atoms with van der Waals surface area (Å²) in [6.07, 6.45) is 2.75. The van der Waals surface area contributed by atoms with Gasteiger partial charge in [-0.3, -0.25) is 4.79 Å². The quantitative estimate of drug-likeness (QED) is 0.469. The molecule has 1 aromatic carbocycles. The van der Waals surface area contributed by atoms with Gasteiger partial charge in [-0.2, -0.15) is 10.2 Å². The molecule has 0 spiro atoms. The first kappa shape index (κ1) is 16.8. The van der Waals surface area contributed by atoms with E-state index < -0.39 is 0 Å². The smallest absolute Gasteiger partial charge is 0.240 e. The van der Waals surface area contributed by atoms with Crippen LogP contribution in [0.3, 0.4) is 0 Å². The molecule has 0 saturated carbocycles. The number of carbonyl (C=O) groups is 1. The Balaban J connectivity index is 0.000000829. The van der Waals surface area contributed by atoms with Crippen LogP contribution in [0.5, 0.6) is 0 Å². The summed E-state index contributed by atoms with van der Waals surface area (Å²) >= 11 is 0. The third-order valence-corrected chi connectivity index (χ3v) is 2.37. The highest BCUT2D eigenvalue weighted by molar-refractivity contribution is 6.04. The third kappa shape index (κ3) is 4.98. The maximum absolute atomic E-state index is 10.9. The van der Waals surface area contributed by atoms with E-state index in [1.807, 2.05) is 24.3 Å². The number of nitrogens with zero attached hydrogens (tertiary/aromatic N) is 4. The number of rotatable bonds is 2. The Morgan fingerprint density at radius 3 is 2.25 bits per heavy atom. The second-order valence-corrected chi connectivity index (χ2v) is 3.49. The first-order valence-corrected chi connectivity index (χ1v) is 5.50. The SMILES string of the molecule is C#N.C#N.NN=Cc1ccc(C2=NNC(=O)CC2)cc1. The fourth-order valence-corrected chi connectivity index (χ4v) is 1.53. The van der Waals surface area contributed by atoms with Crippen molar-refractivity contribution in [3.8, 4) is 13.1 Å². The molecule has 7 nitrogen and oxygen atoms in total. The zero-order chi connectivity index (χ0) is 15.4. The van der Waals surface area contributed by atoms with Crippen LogP contribution in [-0.2, 0) is 4.79 Å². The Morgan fingerprint density at radius 1 is 1.20 bits per heavy atom. The van der Waals surface area contributed by atoms with Gasteiger partial charge >= 0.3 is 0 Å². The number of hydrazone groups is 2. The van der Waals surface area contributed by atoms with E-state index in [2.05, 4.69) is 28.8 Å². The lowest BCUT2D eigenvalue weighted by atomic mass is 10.0. The number of hydrogen-bond donors (Lipinski definition) is 2. The third-order valence-electron chi connectivity index (χ3n) is 2.37. The van der Waals surface area contributed by atoms with Gasteiger partial charge in [0, 0.05) is 26.0 Å². The van der Waals surface area contributed by atoms with E-state index in [0.29, 0.717) is 12.8 Å². The van der Waals surface area contributed by atoms with Crippen LogP contribution in [-0.4, -0.2) is 17.8 Å². The predicted molar refractivity (Wildman–Crippen MR) is 75.5 cm³/mol. The summed E-state index contributed by atoms with van der Waals surface area (Å²) in [7, 11) is 0. The van der Waals surface area contributed by atoms with Crippen LogP contribution < -0.4 is 11.3 Å². The molecule has 1 aromatic rings. The Bertz CT molecular complexity index is 521. The minimum Gasteiger partial charge on any atom is -0.323 e. The lowest BCUT2D eigenvalue weighted by molar-refractivity contribution is -0.121. The van der Waals surface area contributed by atoms with Crippen LogP contribution in [0.2, 0.25) is 0 Å². The minimum absolute atomic E-state index is 0.0318. The standard InChI is InChI=1S/C11H12N4O.2CHN/c12-13-7-8-1-3-9(4-2-8)10-5-6-11(16)15-14-10;2*1-2/h1-4,7H,5-6,12H2,(H,15,16);2*1H. The zero-order valence-electron chi connectivity index (χ0n) is 10.7. The van der Waals surface area contributed by atoms with E-state index in [-0.39, 0.29) is 5.91 Å². The van der Waals surface area contributed by atoms with Gasteiger partial charge in [0.15, 0.2) is 0 Å². The highest BCUT2D eigenvalue weighted by Gasteiger charge is 2.12. The van der Waals surface area contributed by atoms with E-state index in [9.17, 15) is 4.79 Å². The van der Waals surface area contributed by atoms with Crippen LogP contribution in [0.1, 0.15) is 24.0 Å². The Labute approximate surface area is 117 Å². The molecule has 0 aromatic heterocycles. The number of benzene rings is 1. The molecular weight excluding hydrogens is 256 g/mol. The second kappa shape index (κ2) is 9.80. The number of carbonyl (C=O) groups excluding carboxylic acids is 1. The van der Waals surface area contributed by atoms with E-state index in [1.54, 1.807) is 6.21 Å². The molecule has 102 valence electrons. The van der Waals surface area contributed by atoms with E-state index in [4.69, 9.17) is 16.4 Å². The number of nitrogens with two attached hydrogens (primary N) is 1. The van der Waals surface area contributed by atoms with Gasteiger partial charge < -0.3 is 5.84 Å². The van der Waals surface area contributed by atoms with Crippen molar-refractivity contribution in [3.63, 3.8) is 0 Å². The maximum Gasteiger partial charge on any atom is 0.240 e. The number of hydrogen-bond acceptors (Lipinski definition) is 6. The Kier molecular flexibility index (Phi) is 8.24. The molecule has 0 bridgehead atoms. The van der Waals surface area contributed by atoms with Gasteiger partial charge in [0.05, 0.1) is 11.9 Å². The van der Waals surface area contributed by atoms with Gasteiger partial charge in [-0.1, -0.05) is 24.3 Å². The monoisotopic (exact) mass is 270 g/mol. The van der Waals surface area contributed by atoms with Crippen molar-refractivity contribution < 1.29 is 4.79 Å². The summed E-state index contributed by atoms with van der Waals surface area (Å²) in [5.41, 5.74) is 5.32. The highest BCUT2D eigenvalue weighted by atomic mass is 16.2. The minimum atomic E-state index is -0.0318. The van der Waals surface area contributed by atoms with E-state index >= 15 is 0 Å². The van der Waals surface area contributed by atoms with E-state index in [1.165, 1.54) is 0 Å². The summed E-state index contributed by atoms with van der Waals surface area (Å²) < 4.78 is 0. The molecule has 20 heavy (non-hydrogen) atoms. The highest BCUT2D eigenvalue weighted by Crippen LogP contribution is 2.10. The van der Waals surface area contributed by atoms with Gasteiger partial charge in [0.1, 0.15) is 0 Å². The molecule has 0 saturated heterocycles. The predicted octanol–water partition coefficient (Wildman–Crippen LogP) is 0.873. The molecular formula is C13H14N6O. The van der Waals surface area contributed by atoms with Gasteiger partial charge in [0.2, 0.25) is 5.91 Å². The summed E-state index contributed by atoms with van der Waals surface area (Å²) in [5.74, 6) is 5.02. The summed E-state index contributed by atoms with van der Waals surface area (Å²) in [4.78, 5) is 10.9. The molecule has 2 rings (SSSR count). The van der Waals surface area contributed by atoms with Crippen molar-refractivity contribution >= 4 is 17.8 Å². The first-order chi connectivity index (χ1) is 9.79.